The van der Waals surface area contributed by atoms with Gasteiger partial charge in [-0.05, 0) is 12.8 Å². The first-order valence-corrected chi connectivity index (χ1v) is 5.22. The molecule has 1 fully saturated rings. The summed E-state index contributed by atoms with van der Waals surface area (Å²) in [5.41, 5.74) is 0. The van der Waals surface area contributed by atoms with Gasteiger partial charge in [-0.1, -0.05) is 6.42 Å². The average Bonchev–Trinajstić information content (AvgIpc) is 2.15. The fraction of sp³-hybridized carbons (Fsp3) is 1.00. The van der Waals surface area contributed by atoms with Crippen LogP contribution in [0.3, 0.4) is 0 Å². The molecule has 0 aliphatic carbocycles. The molecule has 0 radical (unpaired) electrons. The van der Waals surface area contributed by atoms with E-state index in [1.165, 1.54) is 19.3 Å². The van der Waals surface area contributed by atoms with E-state index in [-0.39, 0.29) is 5.17 Å². The maximum Gasteiger partial charge on any atom is 0.0957 e. The van der Waals surface area contributed by atoms with Gasteiger partial charge in [-0.2, -0.15) is 5.01 Å². The lowest BCUT2D eigenvalue weighted by atomic mass is 10.2. The monoisotopic (exact) mass is 192 g/mol. The maximum atomic E-state index is 11.4. The molecule has 4 heteroatoms. The highest BCUT2D eigenvalue weighted by Gasteiger charge is 2.14. The van der Waals surface area contributed by atoms with Crippen molar-refractivity contribution in [3.05, 3.63) is 5.21 Å². The standard InChI is InChI=1S/C8H17ClN2O/c9-5-4-8-11(12)10-6-2-1-3-7-10/h11H,1-8H2. The molecule has 0 aromatic rings. The van der Waals surface area contributed by atoms with Crippen LogP contribution in [0.5, 0.6) is 0 Å². The lowest BCUT2D eigenvalue weighted by Gasteiger charge is -2.35. The molecule has 1 N–H and O–H groups in total. The zero-order valence-electron chi connectivity index (χ0n) is 7.39. The van der Waals surface area contributed by atoms with E-state index in [0.29, 0.717) is 12.4 Å². The van der Waals surface area contributed by atoms with Crippen LogP contribution in [0.4, 0.5) is 0 Å². The third kappa shape index (κ3) is 3.27. The minimum Gasteiger partial charge on any atom is -0.613 e. The summed E-state index contributed by atoms with van der Waals surface area (Å²) in [7, 11) is 0. The molecule has 0 bridgehead atoms. The van der Waals surface area contributed by atoms with E-state index in [4.69, 9.17) is 11.6 Å². The zero-order valence-corrected chi connectivity index (χ0v) is 8.15. The Morgan fingerprint density at radius 2 is 1.92 bits per heavy atom. The summed E-state index contributed by atoms with van der Waals surface area (Å²) in [6, 6.07) is 0. The smallest absolute Gasteiger partial charge is 0.0957 e. The molecule has 1 heterocycles. The lowest BCUT2D eigenvalue weighted by molar-refractivity contribution is -0.973. The van der Waals surface area contributed by atoms with Crippen LogP contribution in [-0.2, 0) is 0 Å². The second kappa shape index (κ2) is 5.75. The fourth-order valence-corrected chi connectivity index (χ4v) is 1.65. The van der Waals surface area contributed by atoms with Crippen molar-refractivity contribution >= 4 is 11.6 Å². The van der Waals surface area contributed by atoms with Gasteiger partial charge in [-0.15, -0.1) is 11.6 Å². The molecule has 72 valence electrons. The molecule has 1 saturated heterocycles. The van der Waals surface area contributed by atoms with E-state index < -0.39 is 0 Å². The van der Waals surface area contributed by atoms with E-state index in [9.17, 15) is 5.21 Å². The number of nitrogens with zero attached hydrogens (tertiary/aromatic N) is 1. The normalized spacial score (nSPS) is 22.5. The van der Waals surface area contributed by atoms with Crippen LogP contribution >= 0.6 is 11.6 Å². The summed E-state index contributed by atoms with van der Waals surface area (Å²) in [5, 5.41) is 13.7. The number of hydrogen-bond donors (Lipinski definition) is 1. The van der Waals surface area contributed by atoms with Crippen molar-refractivity contribution in [1.82, 2.24) is 5.01 Å². The molecule has 1 aliphatic heterocycles. The Morgan fingerprint density at radius 3 is 2.50 bits per heavy atom. The Hall–Kier alpha value is 0.170. The third-order valence-electron chi connectivity index (χ3n) is 2.23. The van der Waals surface area contributed by atoms with Crippen LogP contribution in [0.2, 0.25) is 0 Å². The van der Waals surface area contributed by atoms with Crippen molar-refractivity contribution in [2.75, 3.05) is 25.5 Å². The first kappa shape index (κ1) is 10.3. The molecule has 12 heavy (non-hydrogen) atoms. The number of hydroxylamine groups is 1. The minimum absolute atomic E-state index is 0.287. The van der Waals surface area contributed by atoms with Gasteiger partial charge in [0, 0.05) is 25.4 Å². The summed E-state index contributed by atoms with van der Waals surface area (Å²) in [5.74, 6) is 0.597. The first-order valence-electron chi connectivity index (χ1n) is 4.68. The van der Waals surface area contributed by atoms with Crippen molar-refractivity contribution in [2.24, 2.45) is 0 Å². The first-order chi connectivity index (χ1) is 5.84. The zero-order chi connectivity index (χ0) is 8.81. The number of piperidine rings is 1. The van der Waals surface area contributed by atoms with Crippen LogP contribution in [0.15, 0.2) is 0 Å². The maximum absolute atomic E-state index is 11.4. The Labute approximate surface area is 78.8 Å². The second-order valence-electron chi connectivity index (χ2n) is 3.23. The molecule has 0 aromatic heterocycles. The van der Waals surface area contributed by atoms with E-state index in [0.717, 1.165) is 19.5 Å². The van der Waals surface area contributed by atoms with Gasteiger partial charge in [-0.3, -0.25) is 5.17 Å². The highest BCUT2D eigenvalue weighted by atomic mass is 35.5. The minimum atomic E-state index is 0.287. The molecule has 1 unspecified atom stereocenters. The average molecular weight is 193 g/mol. The van der Waals surface area contributed by atoms with Gasteiger partial charge < -0.3 is 5.21 Å². The van der Waals surface area contributed by atoms with Gasteiger partial charge in [0.2, 0.25) is 0 Å². The Balaban J connectivity index is 2.15. The summed E-state index contributed by atoms with van der Waals surface area (Å²) in [6.45, 7) is 2.55. The Kier molecular flexibility index (Phi) is 4.92. The van der Waals surface area contributed by atoms with Crippen LogP contribution < -0.4 is 5.17 Å². The number of alkyl halides is 1. The van der Waals surface area contributed by atoms with Crippen molar-refractivity contribution in [1.29, 1.82) is 0 Å². The number of quaternary nitrogens is 1. The quantitative estimate of drug-likeness (QED) is 0.517. The molecule has 0 spiro atoms. The summed E-state index contributed by atoms with van der Waals surface area (Å²) in [4.78, 5) is 0. The van der Waals surface area contributed by atoms with E-state index in [1.807, 2.05) is 5.01 Å². The molecule has 1 atom stereocenters. The van der Waals surface area contributed by atoms with Crippen molar-refractivity contribution in [3.8, 4) is 0 Å². The van der Waals surface area contributed by atoms with Crippen molar-refractivity contribution in [2.45, 2.75) is 25.7 Å². The van der Waals surface area contributed by atoms with Crippen LogP contribution in [0, 0.1) is 5.21 Å². The van der Waals surface area contributed by atoms with Gasteiger partial charge in [0.25, 0.3) is 0 Å². The number of nitrogens with one attached hydrogen (secondary N) is 1. The van der Waals surface area contributed by atoms with Gasteiger partial charge in [0.1, 0.15) is 0 Å². The Morgan fingerprint density at radius 1 is 1.25 bits per heavy atom. The molecule has 1 rings (SSSR count). The molecule has 1 aliphatic rings. The second-order valence-corrected chi connectivity index (χ2v) is 3.61. The molecular formula is C8H17ClN2O. The molecule has 0 amide bonds. The van der Waals surface area contributed by atoms with Gasteiger partial charge in [0.05, 0.1) is 6.54 Å². The highest BCUT2D eigenvalue weighted by Crippen LogP contribution is 2.03. The van der Waals surface area contributed by atoms with Crippen LogP contribution in [0.25, 0.3) is 0 Å². The number of rotatable bonds is 4. The predicted molar refractivity (Wildman–Crippen MR) is 50.0 cm³/mol. The summed E-state index contributed by atoms with van der Waals surface area (Å²) < 4.78 is 0. The van der Waals surface area contributed by atoms with Gasteiger partial charge in [-0.25, -0.2) is 0 Å². The van der Waals surface area contributed by atoms with E-state index in [2.05, 4.69) is 0 Å². The fourth-order valence-electron chi connectivity index (χ4n) is 1.52. The SMILES string of the molecule is [O-][NH+](CCCCl)N1CCCCC1. The topological polar surface area (TPSA) is 30.7 Å². The molecular weight excluding hydrogens is 176 g/mol. The van der Waals surface area contributed by atoms with Crippen LogP contribution in [-0.4, -0.2) is 30.5 Å². The van der Waals surface area contributed by atoms with E-state index >= 15 is 0 Å². The van der Waals surface area contributed by atoms with Crippen LogP contribution in [0.1, 0.15) is 25.7 Å². The molecule has 3 nitrogen and oxygen atoms in total. The number of hydrogen-bond acceptors (Lipinski definition) is 2. The van der Waals surface area contributed by atoms with Gasteiger partial charge >= 0.3 is 0 Å². The molecule has 0 aromatic carbocycles. The van der Waals surface area contributed by atoms with Crippen molar-refractivity contribution in [3.63, 3.8) is 0 Å². The molecule has 0 saturated carbocycles. The van der Waals surface area contributed by atoms with Crippen molar-refractivity contribution < 1.29 is 5.17 Å². The summed E-state index contributed by atoms with van der Waals surface area (Å²) in [6.07, 6.45) is 4.44. The highest BCUT2D eigenvalue weighted by molar-refractivity contribution is 6.17. The predicted octanol–water partition coefficient (Wildman–Crippen LogP) is 0.399. The Bertz CT molecular complexity index is 118. The third-order valence-corrected chi connectivity index (χ3v) is 2.50. The van der Waals surface area contributed by atoms with Gasteiger partial charge in [0.15, 0.2) is 0 Å². The largest absolute Gasteiger partial charge is 0.613 e. The lowest BCUT2D eigenvalue weighted by Crippen LogP contribution is -3.14. The van der Waals surface area contributed by atoms with E-state index in [1.54, 1.807) is 0 Å². The summed E-state index contributed by atoms with van der Waals surface area (Å²) >= 11 is 5.51. The number of halogens is 1.